The van der Waals surface area contributed by atoms with E-state index in [4.69, 9.17) is 4.74 Å². The van der Waals surface area contributed by atoms with Gasteiger partial charge < -0.3 is 9.64 Å². The number of nitrogens with zero attached hydrogens (tertiary/aromatic N) is 1. The SMILES string of the molecule is COc1ccc(C(=O)N2c3ccccc3-c3ccc(F)cc3C2C)cc1. The number of halogens is 1. The van der Waals surface area contributed by atoms with Crippen molar-refractivity contribution >= 4 is 11.6 Å². The van der Waals surface area contributed by atoms with Crippen molar-refractivity contribution in [2.45, 2.75) is 13.0 Å². The van der Waals surface area contributed by atoms with Crippen molar-refractivity contribution in [1.82, 2.24) is 0 Å². The number of rotatable bonds is 2. The van der Waals surface area contributed by atoms with E-state index in [0.29, 0.717) is 11.3 Å². The number of methoxy groups -OCH3 is 1. The van der Waals surface area contributed by atoms with E-state index >= 15 is 0 Å². The summed E-state index contributed by atoms with van der Waals surface area (Å²) in [5, 5.41) is 0. The number of hydrogen-bond acceptors (Lipinski definition) is 2. The molecule has 130 valence electrons. The third kappa shape index (κ3) is 2.54. The lowest BCUT2D eigenvalue weighted by Gasteiger charge is -2.37. The van der Waals surface area contributed by atoms with Gasteiger partial charge in [0.25, 0.3) is 5.91 Å². The number of ether oxygens (including phenoxy) is 1. The Morgan fingerprint density at radius 1 is 1.00 bits per heavy atom. The van der Waals surface area contributed by atoms with Crippen LogP contribution in [-0.2, 0) is 0 Å². The first-order valence-electron chi connectivity index (χ1n) is 8.46. The van der Waals surface area contributed by atoms with Gasteiger partial charge in [0.05, 0.1) is 18.8 Å². The number of amides is 1. The highest BCUT2D eigenvalue weighted by Gasteiger charge is 2.32. The van der Waals surface area contributed by atoms with Gasteiger partial charge in [-0.3, -0.25) is 4.79 Å². The first kappa shape index (κ1) is 16.3. The summed E-state index contributed by atoms with van der Waals surface area (Å²) in [6, 6.07) is 19.3. The molecular weight excluding hydrogens is 329 g/mol. The van der Waals surface area contributed by atoms with Crippen LogP contribution in [0, 0.1) is 5.82 Å². The Kier molecular flexibility index (Phi) is 3.96. The van der Waals surface area contributed by atoms with Crippen LogP contribution >= 0.6 is 0 Å². The maximum atomic E-state index is 13.9. The van der Waals surface area contributed by atoms with Gasteiger partial charge in [-0.25, -0.2) is 4.39 Å². The molecule has 3 nitrogen and oxygen atoms in total. The summed E-state index contributed by atoms with van der Waals surface area (Å²) in [5.41, 5.74) is 4.11. The van der Waals surface area contributed by atoms with E-state index < -0.39 is 0 Å². The van der Waals surface area contributed by atoms with Gasteiger partial charge in [-0.15, -0.1) is 0 Å². The van der Waals surface area contributed by atoms with Crippen LogP contribution in [0.5, 0.6) is 5.75 Å². The second-order valence-electron chi connectivity index (χ2n) is 6.33. The standard InChI is InChI=1S/C22H18FNO2/c1-14-20-13-16(23)9-12-18(20)19-5-3-4-6-21(19)24(14)22(25)15-7-10-17(26-2)11-8-15/h3-14H,1-2H3. The molecule has 1 heterocycles. The molecule has 0 N–H and O–H groups in total. The van der Waals surface area contributed by atoms with E-state index in [1.54, 1.807) is 42.3 Å². The molecule has 0 bridgehead atoms. The normalized spacial score (nSPS) is 15.2. The molecule has 0 spiro atoms. The van der Waals surface area contributed by atoms with Crippen LogP contribution in [0.1, 0.15) is 28.9 Å². The van der Waals surface area contributed by atoms with E-state index in [9.17, 15) is 9.18 Å². The van der Waals surface area contributed by atoms with Crippen LogP contribution in [0.2, 0.25) is 0 Å². The van der Waals surface area contributed by atoms with Crippen LogP contribution < -0.4 is 9.64 Å². The van der Waals surface area contributed by atoms with E-state index in [1.807, 2.05) is 31.2 Å². The van der Waals surface area contributed by atoms with E-state index in [-0.39, 0.29) is 17.8 Å². The monoisotopic (exact) mass is 347 g/mol. The molecule has 3 aromatic carbocycles. The van der Waals surface area contributed by atoms with Gasteiger partial charge in [0.2, 0.25) is 0 Å². The van der Waals surface area contributed by atoms with Crippen molar-refractivity contribution in [2.24, 2.45) is 0 Å². The van der Waals surface area contributed by atoms with Gasteiger partial charge in [-0.05, 0) is 60.5 Å². The number of hydrogen-bond donors (Lipinski definition) is 0. The molecule has 3 aromatic rings. The summed E-state index contributed by atoms with van der Waals surface area (Å²) in [7, 11) is 1.59. The maximum absolute atomic E-state index is 13.9. The van der Waals surface area contributed by atoms with Crippen molar-refractivity contribution < 1.29 is 13.9 Å². The third-order valence-electron chi connectivity index (χ3n) is 4.86. The van der Waals surface area contributed by atoms with Crippen molar-refractivity contribution in [3.8, 4) is 16.9 Å². The molecule has 1 unspecified atom stereocenters. The summed E-state index contributed by atoms with van der Waals surface area (Å²) < 4.78 is 19.0. The molecule has 0 aromatic heterocycles. The fraction of sp³-hybridized carbons (Fsp3) is 0.136. The lowest BCUT2D eigenvalue weighted by molar-refractivity contribution is 0.0978. The Balaban J connectivity index is 1.84. The summed E-state index contributed by atoms with van der Waals surface area (Å²) >= 11 is 0. The van der Waals surface area contributed by atoms with Gasteiger partial charge in [-0.2, -0.15) is 0 Å². The minimum absolute atomic E-state index is 0.123. The Hall–Kier alpha value is -3.14. The Morgan fingerprint density at radius 3 is 2.46 bits per heavy atom. The second-order valence-corrected chi connectivity index (χ2v) is 6.33. The summed E-state index contributed by atoms with van der Waals surface area (Å²) in [4.78, 5) is 15.0. The van der Waals surface area contributed by atoms with Crippen LogP contribution in [0.15, 0.2) is 66.7 Å². The molecule has 0 saturated heterocycles. The second kappa shape index (κ2) is 6.30. The van der Waals surface area contributed by atoms with Gasteiger partial charge in [-0.1, -0.05) is 24.3 Å². The highest BCUT2D eigenvalue weighted by molar-refractivity contribution is 6.10. The Labute approximate surface area is 151 Å². The van der Waals surface area contributed by atoms with Crippen LogP contribution in [0.3, 0.4) is 0 Å². The first-order valence-corrected chi connectivity index (χ1v) is 8.46. The number of benzene rings is 3. The number of anilines is 1. The van der Waals surface area contributed by atoms with Gasteiger partial charge >= 0.3 is 0 Å². The number of carbonyl (C=O) groups excluding carboxylic acids is 1. The lowest BCUT2D eigenvalue weighted by Crippen LogP contribution is -2.36. The highest BCUT2D eigenvalue weighted by Crippen LogP contribution is 2.45. The molecule has 0 saturated carbocycles. The van der Waals surface area contributed by atoms with Crippen molar-refractivity contribution in [2.75, 3.05) is 12.0 Å². The average Bonchev–Trinajstić information content (AvgIpc) is 2.68. The lowest BCUT2D eigenvalue weighted by atomic mass is 9.88. The minimum Gasteiger partial charge on any atom is -0.497 e. The zero-order chi connectivity index (χ0) is 18.3. The van der Waals surface area contributed by atoms with Crippen molar-refractivity contribution in [3.63, 3.8) is 0 Å². The van der Waals surface area contributed by atoms with Gasteiger partial charge in [0.1, 0.15) is 11.6 Å². The summed E-state index contributed by atoms with van der Waals surface area (Å²) in [6.45, 7) is 1.93. The largest absolute Gasteiger partial charge is 0.497 e. The molecule has 26 heavy (non-hydrogen) atoms. The molecule has 1 atom stereocenters. The molecule has 1 amide bonds. The van der Waals surface area contributed by atoms with E-state index in [0.717, 1.165) is 22.4 Å². The van der Waals surface area contributed by atoms with Crippen molar-refractivity contribution in [1.29, 1.82) is 0 Å². The molecule has 0 aliphatic carbocycles. The quantitative estimate of drug-likeness (QED) is 0.636. The van der Waals surface area contributed by atoms with Crippen LogP contribution in [-0.4, -0.2) is 13.0 Å². The topological polar surface area (TPSA) is 29.5 Å². The number of fused-ring (bicyclic) bond motifs is 3. The molecule has 0 radical (unpaired) electrons. The zero-order valence-electron chi connectivity index (χ0n) is 14.6. The Bertz CT molecular complexity index is 982. The summed E-state index contributed by atoms with van der Waals surface area (Å²) in [5.74, 6) is 0.274. The zero-order valence-corrected chi connectivity index (χ0v) is 14.6. The number of carbonyl (C=O) groups is 1. The summed E-state index contributed by atoms with van der Waals surface area (Å²) in [6.07, 6.45) is 0. The number of para-hydroxylation sites is 1. The third-order valence-corrected chi connectivity index (χ3v) is 4.86. The smallest absolute Gasteiger partial charge is 0.258 e. The van der Waals surface area contributed by atoms with Gasteiger partial charge in [0.15, 0.2) is 0 Å². The molecule has 4 heteroatoms. The molecule has 4 rings (SSSR count). The predicted molar refractivity (Wildman–Crippen MR) is 100 cm³/mol. The molecule has 1 aliphatic heterocycles. The van der Waals surface area contributed by atoms with Crippen LogP contribution in [0.4, 0.5) is 10.1 Å². The fourth-order valence-corrected chi connectivity index (χ4v) is 3.54. The predicted octanol–water partition coefficient (Wildman–Crippen LogP) is 5.22. The van der Waals surface area contributed by atoms with E-state index in [1.165, 1.54) is 12.1 Å². The molecule has 1 aliphatic rings. The molecular formula is C22H18FNO2. The highest BCUT2D eigenvalue weighted by atomic mass is 19.1. The fourth-order valence-electron chi connectivity index (χ4n) is 3.54. The van der Waals surface area contributed by atoms with E-state index in [2.05, 4.69) is 0 Å². The average molecular weight is 347 g/mol. The van der Waals surface area contributed by atoms with Crippen molar-refractivity contribution in [3.05, 3.63) is 83.7 Å². The molecule has 0 fully saturated rings. The van der Waals surface area contributed by atoms with Crippen LogP contribution in [0.25, 0.3) is 11.1 Å². The minimum atomic E-state index is -0.299. The maximum Gasteiger partial charge on any atom is 0.258 e. The first-order chi connectivity index (χ1) is 12.6. The Morgan fingerprint density at radius 2 is 1.73 bits per heavy atom. The van der Waals surface area contributed by atoms with Gasteiger partial charge in [0, 0.05) is 11.1 Å².